The summed E-state index contributed by atoms with van der Waals surface area (Å²) in [5, 5.41) is 0. The second kappa shape index (κ2) is 6.25. The first-order valence-electron chi connectivity index (χ1n) is 6.49. The van der Waals surface area contributed by atoms with Crippen LogP contribution in [0.4, 0.5) is 0 Å². The van der Waals surface area contributed by atoms with E-state index < -0.39 is 0 Å². The van der Waals surface area contributed by atoms with Crippen LogP contribution in [0.3, 0.4) is 0 Å². The number of pyridine rings is 1. The monoisotopic (exact) mass is 254 g/mol. The molecule has 0 aliphatic heterocycles. The number of aromatic nitrogens is 1. The van der Waals surface area contributed by atoms with Gasteiger partial charge in [-0.1, -0.05) is 37.3 Å². The molecule has 0 amide bonds. The predicted octanol–water partition coefficient (Wildman–Crippen LogP) is 2.53. The van der Waals surface area contributed by atoms with Gasteiger partial charge < -0.3 is 5.73 Å². The SMILES string of the molecule is CCc1ccc(CC(=O)c2ccc(CN)cc2)nc1. The van der Waals surface area contributed by atoms with Gasteiger partial charge in [-0.3, -0.25) is 9.78 Å². The third kappa shape index (κ3) is 3.48. The van der Waals surface area contributed by atoms with Crippen molar-refractivity contribution in [2.75, 3.05) is 0 Å². The molecule has 19 heavy (non-hydrogen) atoms. The number of aryl methyl sites for hydroxylation is 1. The standard InChI is InChI=1S/C16H18N2O/c1-2-12-5-8-15(18-11-12)9-16(19)14-6-3-13(10-17)4-7-14/h3-8,11H,2,9-10,17H2,1H3. The number of rotatable bonds is 5. The molecule has 0 aliphatic carbocycles. The lowest BCUT2D eigenvalue weighted by atomic mass is 10.0. The van der Waals surface area contributed by atoms with Gasteiger partial charge >= 0.3 is 0 Å². The fourth-order valence-corrected chi connectivity index (χ4v) is 1.86. The molecule has 1 aromatic heterocycles. The van der Waals surface area contributed by atoms with Crippen molar-refractivity contribution < 1.29 is 4.79 Å². The van der Waals surface area contributed by atoms with Crippen molar-refractivity contribution in [2.24, 2.45) is 5.73 Å². The van der Waals surface area contributed by atoms with Crippen LogP contribution in [0.15, 0.2) is 42.6 Å². The van der Waals surface area contributed by atoms with E-state index >= 15 is 0 Å². The van der Waals surface area contributed by atoms with Gasteiger partial charge in [-0.15, -0.1) is 0 Å². The average Bonchev–Trinajstić information content (AvgIpc) is 2.48. The van der Waals surface area contributed by atoms with Crippen LogP contribution >= 0.6 is 0 Å². The fraction of sp³-hybridized carbons (Fsp3) is 0.250. The summed E-state index contributed by atoms with van der Waals surface area (Å²) < 4.78 is 0. The number of Topliss-reactive ketones (excluding diaryl/α,β-unsaturated/α-hetero) is 1. The van der Waals surface area contributed by atoms with Crippen molar-refractivity contribution in [1.29, 1.82) is 0 Å². The molecule has 2 aromatic rings. The van der Waals surface area contributed by atoms with Gasteiger partial charge in [0, 0.05) is 24.0 Å². The van der Waals surface area contributed by atoms with Crippen LogP contribution in [-0.2, 0) is 19.4 Å². The summed E-state index contributed by atoms with van der Waals surface area (Å²) in [7, 11) is 0. The van der Waals surface area contributed by atoms with Gasteiger partial charge in [-0.25, -0.2) is 0 Å². The highest BCUT2D eigenvalue weighted by atomic mass is 16.1. The Morgan fingerprint density at radius 1 is 1.11 bits per heavy atom. The van der Waals surface area contributed by atoms with Crippen molar-refractivity contribution in [3.63, 3.8) is 0 Å². The Morgan fingerprint density at radius 3 is 2.32 bits per heavy atom. The first-order chi connectivity index (χ1) is 9.22. The molecule has 0 spiro atoms. The summed E-state index contributed by atoms with van der Waals surface area (Å²) >= 11 is 0. The minimum Gasteiger partial charge on any atom is -0.326 e. The second-order valence-electron chi connectivity index (χ2n) is 4.51. The van der Waals surface area contributed by atoms with E-state index in [4.69, 9.17) is 5.73 Å². The third-order valence-electron chi connectivity index (χ3n) is 3.15. The van der Waals surface area contributed by atoms with E-state index in [0.29, 0.717) is 18.5 Å². The number of carbonyl (C=O) groups is 1. The summed E-state index contributed by atoms with van der Waals surface area (Å²) in [5.41, 5.74) is 9.26. The van der Waals surface area contributed by atoms with Crippen LogP contribution in [0, 0.1) is 0 Å². The van der Waals surface area contributed by atoms with E-state index in [1.54, 1.807) is 0 Å². The number of nitrogens with two attached hydrogens (primary N) is 1. The molecule has 0 aliphatic rings. The number of ketones is 1. The lowest BCUT2D eigenvalue weighted by Gasteiger charge is -2.03. The molecule has 2 N–H and O–H groups in total. The highest BCUT2D eigenvalue weighted by Crippen LogP contribution is 2.09. The van der Waals surface area contributed by atoms with E-state index in [1.807, 2.05) is 42.6 Å². The summed E-state index contributed by atoms with van der Waals surface area (Å²) in [4.78, 5) is 16.4. The van der Waals surface area contributed by atoms with Gasteiger partial charge in [-0.05, 0) is 23.6 Å². The first-order valence-corrected chi connectivity index (χ1v) is 6.49. The van der Waals surface area contributed by atoms with Gasteiger partial charge in [0.05, 0.1) is 6.42 Å². The first kappa shape index (κ1) is 13.4. The zero-order valence-electron chi connectivity index (χ0n) is 11.1. The Labute approximate surface area is 113 Å². The van der Waals surface area contributed by atoms with E-state index in [0.717, 1.165) is 17.7 Å². The average molecular weight is 254 g/mol. The molecule has 0 saturated heterocycles. The highest BCUT2D eigenvalue weighted by Gasteiger charge is 2.07. The van der Waals surface area contributed by atoms with Crippen LogP contribution in [0.25, 0.3) is 0 Å². The molecule has 0 fully saturated rings. The molecule has 0 bridgehead atoms. The van der Waals surface area contributed by atoms with Gasteiger partial charge in [0.1, 0.15) is 0 Å². The lowest BCUT2D eigenvalue weighted by molar-refractivity contribution is 0.0992. The number of carbonyl (C=O) groups excluding carboxylic acids is 1. The molecule has 0 saturated carbocycles. The Morgan fingerprint density at radius 2 is 1.79 bits per heavy atom. The van der Waals surface area contributed by atoms with Crippen LogP contribution in [-0.4, -0.2) is 10.8 Å². The molecule has 0 atom stereocenters. The van der Waals surface area contributed by atoms with E-state index in [1.165, 1.54) is 5.56 Å². The number of nitrogens with zero attached hydrogens (tertiary/aromatic N) is 1. The molecular formula is C16H18N2O. The minimum atomic E-state index is 0.0836. The van der Waals surface area contributed by atoms with Gasteiger partial charge in [0.2, 0.25) is 0 Å². The number of benzene rings is 1. The van der Waals surface area contributed by atoms with Crippen LogP contribution in [0.5, 0.6) is 0 Å². The summed E-state index contributed by atoms with van der Waals surface area (Å²) in [6, 6.07) is 11.4. The zero-order valence-corrected chi connectivity index (χ0v) is 11.1. The van der Waals surface area contributed by atoms with Crippen LogP contribution in [0.2, 0.25) is 0 Å². The molecule has 3 nitrogen and oxygen atoms in total. The van der Waals surface area contributed by atoms with Crippen molar-refractivity contribution in [1.82, 2.24) is 4.98 Å². The van der Waals surface area contributed by atoms with Crippen molar-refractivity contribution in [2.45, 2.75) is 26.3 Å². The molecule has 0 radical (unpaired) electrons. The third-order valence-corrected chi connectivity index (χ3v) is 3.15. The zero-order chi connectivity index (χ0) is 13.7. The van der Waals surface area contributed by atoms with Crippen molar-refractivity contribution in [3.05, 3.63) is 65.0 Å². The summed E-state index contributed by atoms with van der Waals surface area (Å²) in [6.45, 7) is 2.58. The minimum absolute atomic E-state index is 0.0836. The maximum absolute atomic E-state index is 12.1. The van der Waals surface area contributed by atoms with Gasteiger partial charge in [-0.2, -0.15) is 0 Å². The molecular weight excluding hydrogens is 236 g/mol. The fourth-order valence-electron chi connectivity index (χ4n) is 1.86. The Bertz CT molecular complexity index is 544. The molecule has 1 heterocycles. The number of hydrogen-bond acceptors (Lipinski definition) is 3. The Kier molecular flexibility index (Phi) is 4.42. The predicted molar refractivity (Wildman–Crippen MR) is 76.0 cm³/mol. The maximum atomic E-state index is 12.1. The van der Waals surface area contributed by atoms with Crippen LogP contribution < -0.4 is 5.73 Å². The van der Waals surface area contributed by atoms with Crippen molar-refractivity contribution in [3.8, 4) is 0 Å². The molecule has 3 heteroatoms. The topological polar surface area (TPSA) is 56.0 Å². The highest BCUT2D eigenvalue weighted by molar-refractivity contribution is 5.97. The lowest BCUT2D eigenvalue weighted by Crippen LogP contribution is -2.06. The Hall–Kier alpha value is -2.00. The molecule has 0 unspecified atom stereocenters. The summed E-state index contributed by atoms with van der Waals surface area (Å²) in [5.74, 6) is 0.0836. The maximum Gasteiger partial charge on any atom is 0.168 e. The smallest absolute Gasteiger partial charge is 0.168 e. The summed E-state index contributed by atoms with van der Waals surface area (Å²) in [6.07, 6.45) is 3.13. The largest absolute Gasteiger partial charge is 0.326 e. The normalized spacial score (nSPS) is 10.4. The van der Waals surface area contributed by atoms with Gasteiger partial charge in [0.15, 0.2) is 5.78 Å². The van der Waals surface area contributed by atoms with E-state index in [2.05, 4.69) is 11.9 Å². The van der Waals surface area contributed by atoms with Gasteiger partial charge in [0.25, 0.3) is 0 Å². The number of hydrogen-bond donors (Lipinski definition) is 1. The molecule has 1 aromatic carbocycles. The van der Waals surface area contributed by atoms with E-state index in [-0.39, 0.29) is 5.78 Å². The molecule has 2 rings (SSSR count). The van der Waals surface area contributed by atoms with E-state index in [9.17, 15) is 4.79 Å². The molecule has 98 valence electrons. The van der Waals surface area contributed by atoms with Crippen LogP contribution in [0.1, 0.15) is 34.1 Å². The Balaban J connectivity index is 2.06. The second-order valence-corrected chi connectivity index (χ2v) is 4.51. The quantitative estimate of drug-likeness (QED) is 0.834. The van der Waals surface area contributed by atoms with Crippen molar-refractivity contribution >= 4 is 5.78 Å².